The number of carboxylic acids is 1. The Kier molecular flexibility index (Phi) is 7.23. The van der Waals surface area contributed by atoms with Gasteiger partial charge < -0.3 is 10.0 Å². The fourth-order valence-corrected chi connectivity index (χ4v) is 6.01. The summed E-state index contributed by atoms with van der Waals surface area (Å²) in [5, 5.41) is 9.01. The molecular weight excluding hydrogens is 533 g/mol. The number of carboxylic acid groups (broad SMARTS) is 1. The zero-order chi connectivity index (χ0) is 27.8. The number of hydrogen-bond donors (Lipinski definition) is 2. The van der Waals surface area contributed by atoms with Crippen LogP contribution in [-0.2, 0) is 21.0 Å². The number of alkyl halides is 3. The average Bonchev–Trinajstić information content (AvgIpc) is 2.87. The molecule has 12 heteroatoms. The molecule has 2 fully saturated rings. The molecule has 39 heavy (non-hydrogen) atoms. The summed E-state index contributed by atoms with van der Waals surface area (Å²) in [5.74, 6) is -1.34. The summed E-state index contributed by atoms with van der Waals surface area (Å²) in [7, 11) is -4.32. The van der Waals surface area contributed by atoms with Crippen LogP contribution in [-0.4, -0.2) is 42.6 Å². The van der Waals surface area contributed by atoms with Crippen LogP contribution in [0, 0.1) is 5.92 Å². The van der Waals surface area contributed by atoms with E-state index < -0.39 is 33.7 Å². The minimum absolute atomic E-state index is 0.131. The smallest absolute Gasteiger partial charge is 0.418 e. The van der Waals surface area contributed by atoms with Crippen LogP contribution >= 0.6 is 0 Å². The lowest BCUT2D eigenvalue weighted by Crippen LogP contribution is -2.39. The van der Waals surface area contributed by atoms with Crippen LogP contribution in [0.5, 0.6) is 0 Å². The highest BCUT2D eigenvalue weighted by molar-refractivity contribution is 7.92. The molecule has 3 aromatic rings. The third-order valence-electron chi connectivity index (χ3n) is 7.28. The van der Waals surface area contributed by atoms with Crippen LogP contribution in [0.4, 0.5) is 24.8 Å². The van der Waals surface area contributed by atoms with Gasteiger partial charge in [-0.25, -0.2) is 9.97 Å². The number of sulfonamides is 1. The lowest BCUT2D eigenvalue weighted by atomic mass is 9.77. The van der Waals surface area contributed by atoms with Gasteiger partial charge in [0.2, 0.25) is 0 Å². The van der Waals surface area contributed by atoms with E-state index in [1.54, 1.807) is 35.2 Å². The average molecular weight is 561 g/mol. The summed E-state index contributed by atoms with van der Waals surface area (Å²) < 4.78 is 70.6. The van der Waals surface area contributed by atoms with E-state index in [-0.39, 0.29) is 29.0 Å². The van der Waals surface area contributed by atoms with Gasteiger partial charge in [-0.2, -0.15) is 21.6 Å². The predicted molar refractivity (Wildman–Crippen MR) is 139 cm³/mol. The number of nitrogens with zero attached hydrogens (tertiary/aromatic N) is 3. The Balaban J connectivity index is 1.47. The largest absolute Gasteiger partial charge is 0.481 e. The summed E-state index contributed by atoms with van der Waals surface area (Å²) in [6.45, 7) is 0.724. The molecule has 3 heterocycles. The Morgan fingerprint density at radius 1 is 0.974 bits per heavy atom. The molecule has 206 valence electrons. The highest BCUT2D eigenvalue weighted by atomic mass is 32.2. The first-order valence-electron chi connectivity index (χ1n) is 12.7. The summed E-state index contributed by atoms with van der Waals surface area (Å²) in [6, 6.07) is 13.0. The van der Waals surface area contributed by atoms with Crippen molar-refractivity contribution in [1.82, 2.24) is 9.97 Å². The molecule has 1 atom stereocenters. The molecule has 1 aromatic carbocycles. The maximum Gasteiger partial charge on any atom is 0.418 e. The molecule has 1 aliphatic carbocycles. The molecule has 2 aromatic heterocycles. The van der Waals surface area contributed by atoms with E-state index in [0.29, 0.717) is 30.8 Å². The Bertz CT molecular complexity index is 1490. The second-order valence-electron chi connectivity index (χ2n) is 9.87. The van der Waals surface area contributed by atoms with Gasteiger partial charge in [0.1, 0.15) is 11.6 Å². The maximum atomic E-state index is 14.0. The number of aromatic nitrogens is 2. The van der Waals surface area contributed by atoms with Crippen molar-refractivity contribution in [3.63, 3.8) is 0 Å². The predicted octanol–water partition coefficient (Wildman–Crippen LogP) is 5.53. The number of aliphatic carboxylic acids is 1. The molecule has 0 bridgehead atoms. The zero-order valence-electron chi connectivity index (χ0n) is 20.9. The van der Waals surface area contributed by atoms with Crippen LogP contribution in [0.3, 0.4) is 0 Å². The standard InChI is InChI=1S/C27H27F3N4O4S/c28-27(29,30)21-13-14-22(31-25(21)20-10-2-1-9-19(20)17-6-3-7-17)33-39(37,38)24-12-4-11-23(32-24)34-15-5-8-18(16-34)26(35)36/h1-2,4,9-14,17-18H,3,5-8,15-16H2,(H,31,33)(H,35,36). The minimum atomic E-state index is -4.69. The fraction of sp³-hybridized carbons (Fsp3) is 0.370. The molecule has 1 saturated carbocycles. The van der Waals surface area contributed by atoms with Crippen molar-refractivity contribution >= 4 is 27.6 Å². The molecule has 0 amide bonds. The first-order chi connectivity index (χ1) is 18.5. The molecule has 1 aliphatic heterocycles. The van der Waals surface area contributed by atoms with Crippen LogP contribution < -0.4 is 9.62 Å². The number of halogens is 3. The number of nitrogens with one attached hydrogen (secondary N) is 1. The molecule has 2 N–H and O–H groups in total. The minimum Gasteiger partial charge on any atom is -0.481 e. The Labute approximate surface area is 224 Å². The second kappa shape index (κ2) is 10.5. The second-order valence-corrected chi connectivity index (χ2v) is 11.5. The summed E-state index contributed by atoms with van der Waals surface area (Å²) in [4.78, 5) is 21.5. The van der Waals surface area contributed by atoms with Crippen LogP contribution in [0.15, 0.2) is 59.6 Å². The highest BCUT2D eigenvalue weighted by Crippen LogP contribution is 2.44. The van der Waals surface area contributed by atoms with E-state index >= 15 is 0 Å². The SMILES string of the molecule is O=C(O)C1CCCN(c2cccc(S(=O)(=O)Nc3ccc(C(F)(F)F)c(-c4ccccc4C4CCC4)n3)n2)C1. The lowest BCUT2D eigenvalue weighted by Gasteiger charge is -2.31. The van der Waals surface area contributed by atoms with Gasteiger partial charge in [-0.1, -0.05) is 36.8 Å². The molecule has 0 radical (unpaired) electrons. The van der Waals surface area contributed by atoms with Crippen LogP contribution in [0.2, 0.25) is 0 Å². The number of anilines is 2. The lowest BCUT2D eigenvalue weighted by molar-refractivity contribution is -0.142. The van der Waals surface area contributed by atoms with Gasteiger partial charge >= 0.3 is 12.1 Å². The van der Waals surface area contributed by atoms with E-state index in [9.17, 15) is 31.5 Å². The van der Waals surface area contributed by atoms with Gasteiger partial charge in [0.15, 0.2) is 5.03 Å². The van der Waals surface area contributed by atoms with Crippen molar-refractivity contribution in [1.29, 1.82) is 0 Å². The van der Waals surface area contributed by atoms with Crippen molar-refractivity contribution in [2.45, 2.75) is 49.2 Å². The molecular formula is C27H27F3N4O4S. The van der Waals surface area contributed by atoms with Gasteiger partial charge in [-0.3, -0.25) is 9.52 Å². The Morgan fingerprint density at radius 2 is 1.74 bits per heavy atom. The number of carbonyl (C=O) groups is 1. The van der Waals surface area contributed by atoms with Gasteiger partial charge in [-0.05, 0) is 61.4 Å². The summed E-state index contributed by atoms with van der Waals surface area (Å²) in [6.07, 6.45) is -0.803. The first-order valence-corrected chi connectivity index (χ1v) is 14.2. The number of benzene rings is 1. The highest BCUT2D eigenvalue weighted by Gasteiger charge is 2.36. The van der Waals surface area contributed by atoms with Gasteiger partial charge in [-0.15, -0.1) is 0 Å². The van der Waals surface area contributed by atoms with Crippen molar-refractivity contribution in [3.05, 3.63) is 65.7 Å². The fourth-order valence-electron chi connectivity index (χ4n) is 5.04. The van der Waals surface area contributed by atoms with Gasteiger partial charge in [0.25, 0.3) is 10.0 Å². The quantitative estimate of drug-likeness (QED) is 0.391. The molecule has 0 spiro atoms. The van der Waals surface area contributed by atoms with E-state index in [1.165, 1.54) is 12.1 Å². The monoisotopic (exact) mass is 560 g/mol. The normalized spacial score (nSPS) is 18.4. The maximum absolute atomic E-state index is 14.0. The van der Waals surface area contributed by atoms with E-state index in [1.807, 2.05) is 0 Å². The van der Waals surface area contributed by atoms with E-state index in [2.05, 4.69) is 14.7 Å². The van der Waals surface area contributed by atoms with Crippen LogP contribution in [0.25, 0.3) is 11.3 Å². The van der Waals surface area contributed by atoms with E-state index in [0.717, 1.165) is 37.0 Å². The molecule has 8 nitrogen and oxygen atoms in total. The van der Waals surface area contributed by atoms with Crippen molar-refractivity contribution in [3.8, 4) is 11.3 Å². The Hall–Kier alpha value is -3.67. The number of pyridine rings is 2. The zero-order valence-corrected chi connectivity index (χ0v) is 21.7. The van der Waals surface area contributed by atoms with Gasteiger partial charge in [0.05, 0.1) is 17.2 Å². The van der Waals surface area contributed by atoms with Gasteiger partial charge in [0, 0.05) is 18.7 Å². The van der Waals surface area contributed by atoms with Crippen molar-refractivity contribution in [2.24, 2.45) is 5.92 Å². The molecule has 1 unspecified atom stereocenters. The number of rotatable bonds is 7. The van der Waals surface area contributed by atoms with Crippen LogP contribution in [0.1, 0.15) is 49.1 Å². The van der Waals surface area contributed by atoms with E-state index in [4.69, 9.17) is 0 Å². The van der Waals surface area contributed by atoms with Crippen molar-refractivity contribution < 1.29 is 31.5 Å². The Morgan fingerprint density at radius 3 is 2.44 bits per heavy atom. The third-order valence-corrected chi connectivity index (χ3v) is 8.54. The first kappa shape index (κ1) is 26.9. The van der Waals surface area contributed by atoms with Crippen molar-refractivity contribution in [2.75, 3.05) is 22.7 Å². The number of piperidine rings is 1. The number of hydrogen-bond acceptors (Lipinski definition) is 6. The molecule has 2 aliphatic rings. The molecule has 5 rings (SSSR count). The third kappa shape index (κ3) is 5.70. The summed E-state index contributed by atoms with van der Waals surface area (Å²) in [5.41, 5.74) is -0.193. The summed E-state index contributed by atoms with van der Waals surface area (Å²) >= 11 is 0. The topological polar surface area (TPSA) is 112 Å². The molecule has 1 saturated heterocycles.